The van der Waals surface area contributed by atoms with Gasteiger partial charge in [0.25, 0.3) is 0 Å². The standard InChI is InChI=1S/C48H33NS/c1-5-14-34(15-6-1)37-24-28-41(29-25-37)49(42-30-26-38(27-31-42)35-16-7-2-8-17-35)46-23-13-22-43-45-33-40(36-18-9-3-10-19-36)32-44(47(45)50-48(43)46)39-20-11-4-12-21-39/h1-33H. The second-order valence-electron chi connectivity index (χ2n) is 12.5. The molecule has 0 aliphatic heterocycles. The highest BCUT2D eigenvalue weighted by Crippen LogP contribution is 2.48. The minimum absolute atomic E-state index is 1.12. The zero-order valence-corrected chi connectivity index (χ0v) is 28.2. The van der Waals surface area contributed by atoms with Crippen LogP contribution in [0.3, 0.4) is 0 Å². The highest BCUT2D eigenvalue weighted by Gasteiger charge is 2.20. The van der Waals surface area contributed by atoms with Crippen molar-refractivity contribution in [2.24, 2.45) is 0 Å². The predicted molar refractivity (Wildman–Crippen MR) is 216 cm³/mol. The van der Waals surface area contributed by atoms with Crippen LogP contribution >= 0.6 is 11.3 Å². The van der Waals surface area contributed by atoms with Crippen LogP contribution < -0.4 is 4.90 Å². The predicted octanol–water partition coefficient (Wildman–Crippen LogP) is 14.2. The lowest BCUT2D eigenvalue weighted by Gasteiger charge is -2.26. The first kappa shape index (κ1) is 29.9. The molecule has 0 bridgehead atoms. The van der Waals surface area contributed by atoms with Crippen LogP contribution in [0.2, 0.25) is 0 Å². The number of hydrogen-bond donors (Lipinski definition) is 0. The fourth-order valence-electron chi connectivity index (χ4n) is 6.98. The topological polar surface area (TPSA) is 3.24 Å². The number of nitrogens with zero attached hydrogens (tertiary/aromatic N) is 1. The lowest BCUT2D eigenvalue weighted by molar-refractivity contribution is 1.30. The molecule has 8 aromatic carbocycles. The number of hydrogen-bond acceptors (Lipinski definition) is 2. The second kappa shape index (κ2) is 13.0. The number of thiophene rings is 1. The Morgan fingerprint density at radius 3 is 1.24 bits per heavy atom. The lowest BCUT2D eigenvalue weighted by Crippen LogP contribution is -2.10. The van der Waals surface area contributed by atoms with E-state index < -0.39 is 0 Å². The molecule has 9 rings (SSSR count). The largest absolute Gasteiger partial charge is 0.309 e. The summed E-state index contributed by atoms with van der Waals surface area (Å²) in [6.07, 6.45) is 0. The molecule has 1 heterocycles. The normalized spacial score (nSPS) is 11.2. The summed E-state index contributed by atoms with van der Waals surface area (Å²) in [4.78, 5) is 2.42. The molecule has 0 N–H and O–H groups in total. The summed E-state index contributed by atoms with van der Waals surface area (Å²) in [6, 6.07) is 72.2. The van der Waals surface area contributed by atoms with Crippen molar-refractivity contribution in [2.45, 2.75) is 0 Å². The third kappa shape index (κ3) is 5.56. The zero-order valence-electron chi connectivity index (χ0n) is 27.4. The first-order chi connectivity index (χ1) is 24.8. The van der Waals surface area contributed by atoms with Crippen molar-refractivity contribution in [3.8, 4) is 44.5 Å². The fraction of sp³-hybridized carbons (Fsp3) is 0. The van der Waals surface area contributed by atoms with E-state index in [1.165, 1.54) is 70.4 Å². The Morgan fingerprint density at radius 2 is 0.740 bits per heavy atom. The van der Waals surface area contributed by atoms with Gasteiger partial charge in [-0.25, -0.2) is 0 Å². The molecule has 236 valence electrons. The molecule has 2 heteroatoms. The average Bonchev–Trinajstić information content (AvgIpc) is 3.59. The number of benzene rings is 8. The SMILES string of the molecule is c1ccc(-c2ccc(N(c3ccc(-c4ccccc4)cc3)c3cccc4c3sc3c(-c5ccccc5)cc(-c5ccccc5)cc34)cc2)cc1. The Kier molecular flexibility index (Phi) is 7.77. The summed E-state index contributed by atoms with van der Waals surface area (Å²) < 4.78 is 2.57. The van der Waals surface area contributed by atoms with E-state index in [4.69, 9.17) is 0 Å². The molecule has 0 atom stereocenters. The van der Waals surface area contributed by atoms with Gasteiger partial charge in [0, 0.05) is 32.4 Å². The summed E-state index contributed by atoms with van der Waals surface area (Å²) in [5, 5.41) is 2.55. The Labute approximate surface area is 297 Å². The minimum atomic E-state index is 1.12. The summed E-state index contributed by atoms with van der Waals surface area (Å²) in [6.45, 7) is 0. The van der Waals surface area contributed by atoms with Crippen molar-refractivity contribution in [3.05, 3.63) is 200 Å². The third-order valence-electron chi connectivity index (χ3n) is 9.48. The van der Waals surface area contributed by atoms with Gasteiger partial charge in [0.1, 0.15) is 0 Å². The molecule has 0 aliphatic rings. The monoisotopic (exact) mass is 655 g/mol. The van der Waals surface area contributed by atoms with Gasteiger partial charge in [-0.05, 0) is 81.4 Å². The van der Waals surface area contributed by atoms with Crippen LogP contribution in [0.4, 0.5) is 17.1 Å². The van der Waals surface area contributed by atoms with E-state index >= 15 is 0 Å². The second-order valence-corrected chi connectivity index (χ2v) is 13.6. The molecule has 0 amide bonds. The van der Waals surface area contributed by atoms with E-state index in [1.54, 1.807) is 0 Å². The molecule has 9 aromatic rings. The highest BCUT2D eigenvalue weighted by molar-refractivity contribution is 7.27. The Bertz CT molecular complexity index is 2450. The highest BCUT2D eigenvalue weighted by atomic mass is 32.1. The quantitative estimate of drug-likeness (QED) is 0.165. The van der Waals surface area contributed by atoms with Crippen LogP contribution in [-0.2, 0) is 0 Å². The first-order valence-electron chi connectivity index (χ1n) is 17.0. The van der Waals surface area contributed by atoms with E-state index in [0.717, 1.165) is 11.4 Å². The molecule has 0 saturated heterocycles. The Morgan fingerprint density at radius 1 is 0.300 bits per heavy atom. The summed E-state index contributed by atoms with van der Waals surface area (Å²) in [7, 11) is 0. The van der Waals surface area contributed by atoms with E-state index in [9.17, 15) is 0 Å². The van der Waals surface area contributed by atoms with Gasteiger partial charge in [-0.1, -0.05) is 158 Å². The van der Waals surface area contributed by atoms with E-state index in [2.05, 4.69) is 205 Å². The minimum Gasteiger partial charge on any atom is -0.309 e. The molecule has 50 heavy (non-hydrogen) atoms. The van der Waals surface area contributed by atoms with Gasteiger partial charge in [0.15, 0.2) is 0 Å². The van der Waals surface area contributed by atoms with Gasteiger partial charge in [0.2, 0.25) is 0 Å². The molecule has 0 aliphatic carbocycles. The maximum atomic E-state index is 2.42. The van der Waals surface area contributed by atoms with Crippen molar-refractivity contribution in [1.82, 2.24) is 0 Å². The first-order valence-corrected chi connectivity index (χ1v) is 17.8. The molecule has 0 fully saturated rings. The van der Waals surface area contributed by atoms with E-state index in [0.29, 0.717) is 0 Å². The summed E-state index contributed by atoms with van der Waals surface area (Å²) in [5.41, 5.74) is 13.2. The zero-order chi connectivity index (χ0) is 33.3. The maximum Gasteiger partial charge on any atom is 0.0640 e. The van der Waals surface area contributed by atoms with Crippen molar-refractivity contribution >= 4 is 48.6 Å². The van der Waals surface area contributed by atoms with Crippen LogP contribution in [0.1, 0.15) is 0 Å². The van der Waals surface area contributed by atoms with Crippen LogP contribution in [0.15, 0.2) is 200 Å². The fourth-order valence-corrected chi connectivity index (χ4v) is 8.31. The summed E-state index contributed by atoms with van der Waals surface area (Å²) in [5.74, 6) is 0. The van der Waals surface area contributed by atoms with Gasteiger partial charge in [0.05, 0.1) is 10.4 Å². The Balaban J connectivity index is 1.25. The van der Waals surface area contributed by atoms with E-state index in [1.807, 2.05) is 11.3 Å². The lowest BCUT2D eigenvalue weighted by atomic mass is 9.96. The molecule has 1 aromatic heterocycles. The van der Waals surface area contributed by atoms with Gasteiger partial charge in [-0.3, -0.25) is 0 Å². The summed E-state index contributed by atoms with van der Waals surface area (Å²) >= 11 is 1.89. The number of anilines is 3. The number of fused-ring (bicyclic) bond motifs is 3. The third-order valence-corrected chi connectivity index (χ3v) is 10.8. The molecule has 0 spiro atoms. The van der Waals surface area contributed by atoms with Crippen molar-refractivity contribution in [1.29, 1.82) is 0 Å². The number of rotatable bonds is 7. The molecule has 0 radical (unpaired) electrons. The molecule has 1 nitrogen and oxygen atoms in total. The smallest absolute Gasteiger partial charge is 0.0640 e. The van der Waals surface area contributed by atoms with Gasteiger partial charge >= 0.3 is 0 Å². The van der Waals surface area contributed by atoms with Gasteiger partial charge < -0.3 is 4.90 Å². The van der Waals surface area contributed by atoms with Gasteiger partial charge in [-0.2, -0.15) is 0 Å². The van der Waals surface area contributed by atoms with Crippen molar-refractivity contribution < 1.29 is 0 Å². The Hall–Kier alpha value is -6.22. The van der Waals surface area contributed by atoms with Crippen molar-refractivity contribution in [2.75, 3.05) is 4.90 Å². The molecule has 0 unspecified atom stereocenters. The van der Waals surface area contributed by atoms with Crippen LogP contribution in [0.25, 0.3) is 64.7 Å². The average molecular weight is 656 g/mol. The maximum absolute atomic E-state index is 2.42. The molecule has 0 saturated carbocycles. The molecular formula is C48H33NS. The molecular weight excluding hydrogens is 623 g/mol. The van der Waals surface area contributed by atoms with Crippen molar-refractivity contribution in [3.63, 3.8) is 0 Å². The van der Waals surface area contributed by atoms with Crippen LogP contribution in [0.5, 0.6) is 0 Å². The van der Waals surface area contributed by atoms with E-state index in [-0.39, 0.29) is 0 Å². The van der Waals surface area contributed by atoms with Gasteiger partial charge in [-0.15, -0.1) is 11.3 Å². The van der Waals surface area contributed by atoms with Crippen LogP contribution in [-0.4, -0.2) is 0 Å². The van der Waals surface area contributed by atoms with Crippen LogP contribution in [0, 0.1) is 0 Å².